The molecule has 5 nitrogen and oxygen atoms in total. The van der Waals surface area contributed by atoms with Crippen LogP contribution in [0, 0.1) is 6.92 Å². The molecule has 1 aliphatic carbocycles. The molecule has 0 bridgehead atoms. The van der Waals surface area contributed by atoms with E-state index < -0.39 is 0 Å². The number of benzene rings is 3. The fraction of sp³-hybridized carbons (Fsp3) is 0.333. The highest BCUT2D eigenvalue weighted by Gasteiger charge is 2.30. The van der Waals surface area contributed by atoms with Crippen molar-refractivity contribution in [2.24, 2.45) is 0 Å². The molecular formula is C30H31NO4. The van der Waals surface area contributed by atoms with Crippen molar-refractivity contribution in [3.8, 4) is 5.75 Å². The number of hydrogen-bond acceptors (Lipinski definition) is 4. The van der Waals surface area contributed by atoms with Gasteiger partial charge in [0.2, 0.25) is 0 Å². The van der Waals surface area contributed by atoms with Crippen molar-refractivity contribution < 1.29 is 19.1 Å². The Hall–Kier alpha value is -3.60. The molecule has 2 aliphatic rings. The average molecular weight is 470 g/mol. The van der Waals surface area contributed by atoms with Crippen molar-refractivity contribution in [3.63, 3.8) is 0 Å². The SMILES string of the molecule is CCOC(=O)CC1CCCc2cc(OCc3cccc4c3CN(c3ccc(C)cc3)C4=O)ccc21. The van der Waals surface area contributed by atoms with Crippen molar-refractivity contribution in [2.45, 2.75) is 58.6 Å². The number of esters is 1. The Morgan fingerprint density at radius 2 is 1.91 bits per heavy atom. The van der Waals surface area contributed by atoms with Gasteiger partial charge in [0.1, 0.15) is 12.4 Å². The number of aryl methyl sites for hydroxylation is 2. The largest absolute Gasteiger partial charge is 0.489 e. The Bertz CT molecular complexity index is 1250. The number of nitrogens with zero attached hydrogens (tertiary/aromatic N) is 1. The van der Waals surface area contributed by atoms with Crippen LogP contribution in [-0.2, 0) is 29.1 Å². The molecule has 1 aliphatic heterocycles. The third-order valence-corrected chi connectivity index (χ3v) is 7.08. The van der Waals surface area contributed by atoms with Crippen molar-refractivity contribution in [1.82, 2.24) is 0 Å². The zero-order chi connectivity index (χ0) is 24.4. The van der Waals surface area contributed by atoms with Crippen molar-refractivity contribution >= 4 is 17.6 Å². The van der Waals surface area contributed by atoms with E-state index >= 15 is 0 Å². The zero-order valence-electron chi connectivity index (χ0n) is 20.4. The topological polar surface area (TPSA) is 55.8 Å². The Kier molecular flexibility index (Phi) is 6.58. The summed E-state index contributed by atoms with van der Waals surface area (Å²) < 4.78 is 11.4. The van der Waals surface area contributed by atoms with Gasteiger partial charge < -0.3 is 14.4 Å². The van der Waals surface area contributed by atoms with Gasteiger partial charge in [0.25, 0.3) is 5.91 Å². The molecule has 35 heavy (non-hydrogen) atoms. The summed E-state index contributed by atoms with van der Waals surface area (Å²) in [4.78, 5) is 26.9. The van der Waals surface area contributed by atoms with E-state index in [0.29, 0.717) is 26.2 Å². The van der Waals surface area contributed by atoms with Crippen LogP contribution in [0.3, 0.4) is 0 Å². The Balaban J connectivity index is 1.30. The molecule has 1 unspecified atom stereocenters. The van der Waals surface area contributed by atoms with Gasteiger partial charge in [0.05, 0.1) is 19.6 Å². The van der Waals surface area contributed by atoms with Crippen LogP contribution < -0.4 is 9.64 Å². The van der Waals surface area contributed by atoms with E-state index in [4.69, 9.17) is 9.47 Å². The smallest absolute Gasteiger partial charge is 0.306 e. The van der Waals surface area contributed by atoms with Crippen molar-refractivity contribution in [3.05, 3.63) is 94.0 Å². The van der Waals surface area contributed by atoms with Crippen LogP contribution in [0.25, 0.3) is 0 Å². The van der Waals surface area contributed by atoms with Gasteiger partial charge in [-0.2, -0.15) is 0 Å². The lowest BCUT2D eigenvalue weighted by Gasteiger charge is -2.25. The summed E-state index contributed by atoms with van der Waals surface area (Å²) in [7, 11) is 0. The van der Waals surface area contributed by atoms with E-state index in [2.05, 4.69) is 12.1 Å². The average Bonchev–Trinajstić information content (AvgIpc) is 3.20. The third-order valence-electron chi connectivity index (χ3n) is 7.08. The fourth-order valence-electron chi connectivity index (χ4n) is 5.24. The van der Waals surface area contributed by atoms with Gasteiger partial charge in [-0.15, -0.1) is 0 Å². The van der Waals surface area contributed by atoms with E-state index in [9.17, 15) is 9.59 Å². The standard InChI is InChI=1S/C30H31NO4/c1-3-34-29(32)17-22-7-4-6-21-16-25(14-15-26(21)22)35-19-23-8-5-9-27-28(23)18-31(30(27)33)24-12-10-20(2)11-13-24/h5,8-16,22H,3-4,6-7,17-19H2,1-2H3. The molecule has 0 N–H and O–H groups in total. The molecule has 0 radical (unpaired) electrons. The van der Waals surface area contributed by atoms with Crippen LogP contribution in [0.4, 0.5) is 5.69 Å². The lowest BCUT2D eigenvalue weighted by atomic mass is 9.81. The second kappa shape index (κ2) is 9.95. The predicted octanol–water partition coefficient (Wildman–Crippen LogP) is 6.11. The number of fused-ring (bicyclic) bond motifs is 2. The summed E-state index contributed by atoms with van der Waals surface area (Å²) in [6.07, 6.45) is 3.49. The summed E-state index contributed by atoms with van der Waals surface area (Å²) in [5.74, 6) is 0.936. The second-order valence-electron chi connectivity index (χ2n) is 9.42. The third kappa shape index (κ3) is 4.81. The Morgan fingerprint density at radius 3 is 2.71 bits per heavy atom. The summed E-state index contributed by atoms with van der Waals surface area (Å²) in [6.45, 7) is 5.26. The second-order valence-corrected chi connectivity index (χ2v) is 9.42. The number of amides is 1. The van der Waals surface area contributed by atoms with Gasteiger partial charge in [-0.05, 0) is 91.6 Å². The number of carbonyl (C=O) groups is 2. The summed E-state index contributed by atoms with van der Waals surface area (Å²) in [6, 6.07) is 20.1. The fourth-order valence-corrected chi connectivity index (χ4v) is 5.24. The first kappa shape index (κ1) is 23.2. The lowest BCUT2D eigenvalue weighted by Crippen LogP contribution is -2.22. The molecule has 1 heterocycles. The summed E-state index contributed by atoms with van der Waals surface area (Å²) in [5, 5.41) is 0. The quantitative estimate of drug-likeness (QED) is 0.392. The number of rotatable bonds is 7. The molecule has 1 atom stereocenters. The van der Waals surface area contributed by atoms with Gasteiger partial charge in [0.15, 0.2) is 0 Å². The van der Waals surface area contributed by atoms with E-state index in [0.717, 1.165) is 47.4 Å². The molecule has 180 valence electrons. The maximum Gasteiger partial charge on any atom is 0.306 e. The monoisotopic (exact) mass is 469 g/mol. The molecule has 0 spiro atoms. The van der Waals surface area contributed by atoms with Crippen molar-refractivity contribution in [2.75, 3.05) is 11.5 Å². The highest BCUT2D eigenvalue weighted by Crippen LogP contribution is 2.37. The normalized spacial score (nSPS) is 16.6. The zero-order valence-corrected chi connectivity index (χ0v) is 20.4. The number of hydrogen-bond donors (Lipinski definition) is 0. The van der Waals surface area contributed by atoms with Gasteiger partial charge in [-0.3, -0.25) is 9.59 Å². The molecular weight excluding hydrogens is 438 g/mol. The first-order valence-corrected chi connectivity index (χ1v) is 12.4. The van der Waals surface area contributed by atoms with Crippen LogP contribution in [0.15, 0.2) is 60.7 Å². The lowest BCUT2D eigenvalue weighted by molar-refractivity contribution is -0.143. The molecule has 5 heteroatoms. The Morgan fingerprint density at radius 1 is 1.09 bits per heavy atom. The predicted molar refractivity (Wildman–Crippen MR) is 136 cm³/mol. The number of anilines is 1. The first-order valence-electron chi connectivity index (χ1n) is 12.4. The van der Waals surface area contributed by atoms with Crippen LogP contribution in [0.2, 0.25) is 0 Å². The van der Waals surface area contributed by atoms with Crippen molar-refractivity contribution in [1.29, 1.82) is 0 Å². The summed E-state index contributed by atoms with van der Waals surface area (Å²) in [5.41, 5.74) is 7.38. The van der Waals surface area contributed by atoms with Gasteiger partial charge in [-0.25, -0.2) is 0 Å². The number of ether oxygens (including phenoxy) is 2. The highest BCUT2D eigenvalue weighted by atomic mass is 16.5. The van der Waals surface area contributed by atoms with Gasteiger partial charge >= 0.3 is 5.97 Å². The van der Waals surface area contributed by atoms with E-state index in [1.165, 1.54) is 16.7 Å². The van der Waals surface area contributed by atoms with Gasteiger partial charge in [0, 0.05) is 11.3 Å². The molecule has 1 amide bonds. The van der Waals surface area contributed by atoms with E-state index in [1.54, 1.807) is 0 Å². The minimum Gasteiger partial charge on any atom is -0.489 e. The molecule has 0 saturated heterocycles. The van der Waals surface area contributed by atoms with Crippen LogP contribution >= 0.6 is 0 Å². The van der Waals surface area contributed by atoms with Crippen LogP contribution in [-0.4, -0.2) is 18.5 Å². The highest BCUT2D eigenvalue weighted by molar-refractivity contribution is 6.10. The summed E-state index contributed by atoms with van der Waals surface area (Å²) >= 11 is 0. The minimum absolute atomic E-state index is 0.0344. The van der Waals surface area contributed by atoms with E-state index in [-0.39, 0.29) is 17.8 Å². The molecule has 3 aromatic rings. The minimum atomic E-state index is -0.127. The van der Waals surface area contributed by atoms with E-state index in [1.807, 2.05) is 67.3 Å². The van der Waals surface area contributed by atoms with Crippen LogP contribution in [0.5, 0.6) is 5.75 Å². The maximum atomic E-state index is 13.1. The first-order chi connectivity index (χ1) is 17.0. The van der Waals surface area contributed by atoms with Crippen LogP contribution in [0.1, 0.15) is 70.3 Å². The molecule has 5 rings (SSSR count). The molecule has 0 fully saturated rings. The molecule has 0 aromatic heterocycles. The molecule has 3 aromatic carbocycles. The number of carbonyl (C=O) groups excluding carboxylic acids is 2. The molecule has 0 saturated carbocycles. The maximum absolute atomic E-state index is 13.1. The van der Waals surface area contributed by atoms with Gasteiger partial charge in [-0.1, -0.05) is 35.9 Å². The Labute approximate surface area is 206 Å².